The van der Waals surface area contributed by atoms with Gasteiger partial charge in [-0.2, -0.15) is 5.10 Å². The average molecular weight is 296 g/mol. The number of carbonyl (C=O) groups is 1. The first kappa shape index (κ1) is 14.2. The van der Waals surface area contributed by atoms with Crippen molar-refractivity contribution in [2.24, 2.45) is 0 Å². The summed E-state index contributed by atoms with van der Waals surface area (Å²) >= 11 is 0. The second-order valence-corrected chi connectivity index (χ2v) is 5.31. The highest BCUT2D eigenvalue weighted by molar-refractivity contribution is 5.82. The fourth-order valence-electron chi connectivity index (χ4n) is 2.37. The molecule has 0 N–H and O–H groups in total. The van der Waals surface area contributed by atoms with Crippen molar-refractivity contribution in [1.82, 2.24) is 19.7 Å². The summed E-state index contributed by atoms with van der Waals surface area (Å²) < 4.78 is 7.17. The van der Waals surface area contributed by atoms with Crippen molar-refractivity contribution in [3.63, 3.8) is 0 Å². The van der Waals surface area contributed by atoms with Crippen LogP contribution in [0.4, 0.5) is 0 Å². The fraction of sp³-hybridized carbons (Fsp3) is 0.250. The molecule has 2 heterocycles. The molecule has 112 valence electrons. The van der Waals surface area contributed by atoms with Gasteiger partial charge in [0.1, 0.15) is 18.3 Å². The van der Waals surface area contributed by atoms with Crippen LogP contribution in [0, 0.1) is 13.8 Å². The lowest BCUT2D eigenvalue weighted by atomic mass is 10.1. The average Bonchev–Trinajstić information content (AvgIpc) is 2.88. The van der Waals surface area contributed by atoms with Crippen LogP contribution in [0.3, 0.4) is 0 Å². The molecule has 0 amide bonds. The fourth-order valence-corrected chi connectivity index (χ4v) is 2.37. The molecule has 0 unspecified atom stereocenters. The number of nitrogens with zero attached hydrogens (tertiary/aromatic N) is 4. The van der Waals surface area contributed by atoms with Crippen LogP contribution in [-0.2, 0) is 4.79 Å². The highest BCUT2D eigenvalue weighted by Gasteiger charge is 2.13. The molecule has 3 rings (SSSR count). The zero-order chi connectivity index (χ0) is 15.7. The minimum absolute atomic E-state index is 0.0130. The molecular weight excluding hydrogens is 280 g/mol. The van der Waals surface area contributed by atoms with Crippen LogP contribution in [-0.4, -0.2) is 32.1 Å². The van der Waals surface area contributed by atoms with E-state index in [9.17, 15) is 4.79 Å². The van der Waals surface area contributed by atoms with E-state index in [1.807, 2.05) is 26.0 Å². The van der Waals surface area contributed by atoms with Crippen molar-refractivity contribution < 1.29 is 9.53 Å². The number of fused-ring (bicyclic) bond motifs is 1. The molecule has 6 heteroatoms. The predicted molar refractivity (Wildman–Crippen MR) is 82.3 cm³/mol. The summed E-state index contributed by atoms with van der Waals surface area (Å²) in [5.41, 5.74) is 3.89. The van der Waals surface area contributed by atoms with Crippen molar-refractivity contribution in [1.29, 1.82) is 0 Å². The number of ether oxygens (including phenoxy) is 1. The first-order valence-corrected chi connectivity index (χ1v) is 6.94. The number of carbonyl (C=O) groups excluding carboxylic acids is 1. The lowest BCUT2D eigenvalue weighted by Crippen LogP contribution is -2.08. The van der Waals surface area contributed by atoms with E-state index in [1.165, 1.54) is 13.3 Å². The molecule has 0 saturated heterocycles. The Hall–Kier alpha value is -2.76. The zero-order valence-electron chi connectivity index (χ0n) is 12.7. The standard InChI is InChI=1S/C16H16N4O2/c1-10-4-11(2)6-13(5-10)20-15-14(7-19-20)16(18-9-17-15)22-8-12(3)21/h4-7,9H,8H2,1-3H3. The summed E-state index contributed by atoms with van der Waals surface area (Å²) in [6.45, 7) is 5.54. The van der Waals surface area contributed by atoms with E-state index >= 15 is 0 Å². The van der Waals surface area contributed by atoms with Crippen molar-refractivity contribution in [2.75, 3.05) is 6.61 Å². The maximum absolute atomic E-state index is 11.1. The van der Waals surface area contributed by atoms with Crippen LogP contribution < -0.4 is 4.74 Å². The molecule has 0 aliphatic carbocycles. The summed E-state index contributed by atoms with van der Waals surface area (Å²) in [7, 11) is 0. The molecule has 0 fully saturated rings. The van der Waals surface area contributed by atoms with E-state index in [2.05, 4.69) is 21.1 Å². The zero-order valence-corrected chi connectivity index (χ0v) is 12.7. The Kier molecular flexibility index (Phi) is 3.58. The van der Waals surface area contributed by atoms with Crippen LogP contribution in [0.15, 0.2) is 30.7 Å². The highest BCUT2D eigenvalue weighted by Crippen LogP contribution is 2.24. The number of aromatic nitrogens is 4. The summed E-state index contributed by atoms with van der Waals surface area (Å²) in [5.74, 6) is 0.310. The Morgan fingerprint density at radius 2 is 1.91 bits per heavy atom. The first-order valence-electron chi connectivity index (χ1n) is 6.94. The van der Waals surface area contributed by atoms with Gasteiger partial charge in [0, 0.05) is 0 Å². The lowest BCUT2D eigenvalue weighted by Gasteiger charge is -2.07. The van der Waals surface area contributed by atoms with Crippen molar-refractivity contribution >= 4 is 16.8 Å². The second kappa shape index (κ2) is 5.55. The molecule has 3 aromatic rings. The third-order valence-electron chi connectivity index (χ3n) is 3.19. The van der Waals surface area contributed by atoms with Crippen LogP contribution >= 0.6 is 0 Å². The van der Waals surface area contributed by atoms with Gasteiger partial charge < -0.3 is 4.74 Å². The van der Waals surface area contributed by atoms with Crippen LogP contribution in [0.25, 0.3) is 16.7 Å². The number of Topliss-reactive ketones (excluding diaryl/α,β-unsaturated/α-hetero) is 1. The van der Waals surface area contributed by atoms with Gasteiger partial charge >= 0.3 is 0 Å². The quantitative estimate of drug-likeness (QED) is 0.739. The van der Waals surface area contributed by atoms with Crippen molar-refractivity contribution in [3.05, 3.63) is 41.9 Å². The van der Waals surface area contributed by atoms with Gasteiger partial charge in [-0.3, -0.25) is 4.79 Å². The summed E-state index contributed by atoms with van der Waals surface area (Å²) in [6.07, 6.45) is 3.07. The van der Waals surface area contributed by atoms with E-state index < -0.39 is 0 Å². The van der Waals surface area contributed by atoms with Crippen molar-refractivity contribution in [3.8, 4) is 11.6 Å². The molecule has 0 aliphatic heterocycles. The van der Waals surface area contributed by atoms with E-state index in [0.29, 0.717) is 16.9 Å². The van der Waals surface area contributed by atoms with Crippen LogP contribution in [0.5, 0.6) is 5.88 Å². The monoisotopic (exact) mass is 296 g/mol. The minimum Gasteiger partial charge on any atom is -0.469 e. The summed E-state index contributed by atoms with van der Waals surface area (Å²) in [4.78, 5) is 19.4. The van der Waals surface area contributed by atoms with Crippen LogP contribution in [0.2, 0.25) is 0 Å². The van der Waals surface area contributed by atoms with Crippen LogP contribution in [0.1, 0.15) is 18.1 Å². The van der Waals surface area contributed by atoms with Gasteiger partial charge in [0.05, 0.1) is 11.9 Å². The summed E-state index contributed by atoms with van der Waals surface area (Å²) in [6, 6.07) is 6.18. The van der Waals surface area contributed by atoms with Crippen molar-refractivity contribution in [2.45, 2.75) is 20.8 Å². The number of hydrogen-bond donors (Lipinski definition) is 0. The van der Waals surface area contributed by atoms with Gasteiger partial charge in [-0.15, -0.1) is 0 Å². The first-order chi connectivity index (χ1) is 10.5. The van der Waals surface area contributed by atoms with Gasteiger partial charge in [0.25, 0.3) is 0 Å². The molecule has 22 heavy (non-hydrogen) atoms. The van der Waals surface area contributed by atoms with E-state index in [1.54, 1.807) is 10.9 Å². The lowest BCUT2D eigenvalue weighted by molar-refractivity contribution is -0.118. The summed E-state index contributed by atoms with van der Waals surface area (Å²) in [5, 5.41) is 5.07. The minimum atomic E-state index is -0.0616. The van der Waals surface area contributed by atoms with E-state index in [0.717, 1.165) is 16.8 Å². The molecular formula is C16H16N4O2. The third-order valence-corrected chi connectivity index (χ3v) is 3.19. The molecule has 0 radical (unpaired) electrons. The Morgan fingerprint density at radius 3 is 2.59 bits per heavy atom. The smallest absolute Gasteiger partial charge is 0.228 e. The Morgan fingerprint density at radius 1 is 1.18 bits per heavy atom. The molecule has 2 aromatic heterocycles. The normalized spacial score (nSPS) is 10.9. The highest BCUT2D eigenvalue weighted by atomic mass is 16.5. The number of ketones is 1. The van der Waals surface area contributed by atoms with Gasteiger partial charge in [0.2, 0.25) is 5.88 Å². The Labute approximate surface area is 127 Å². The number of hydrogen-bond acceptors (Lipinski definition) is 5. The predicted octanol–water partition coefficient (Wildman–Crippen LogP) is 2.40. The molecule has 0 spiro atoms. The topological polar surface area (TPSA) is 69.9 Å². The molecule has 0 atom stereocenters. The third kappa shape index (κ3) is 2.67. The van der Waals surface area contributed by atoms with E-state index in [4.69, 9.17) is 4.74 Å². The largest absolute Gasteiger partial charge is 0.469 e. The van der Waals surface area contributed by atoms with Gasteiger partial charge in [-0.05, 0) is 44.0 Å². The Balaban J connectivity index is 2.09. The van der Waals surface area contributed by atoms with Gasteiger partial charge in [-0.25, -0.2) is 14.6 Å². The van der Waals surface area contributed by atoms with E-state index in [-0.39, 0.29) is 12.4 Å². The van der Waals surface area contributed by atoms with Gasteiger partial charge in [-0.1, -0.05) is 6.07 Å². The Bertz CT molecular complexity index is 834. The molecule has 0 aliphatic rings. The van der Waals surface area contributed by atoms with Gasteiger partial charge in [0.15, 0.2) is 11.4 Å². The number of aryl methyl sites for hydroxylation is 2. The molecule has 0 saturated carbocycles. The maximum atomic E-state index is 11.1. The number of rotatable bonds is 4. The molecule has 6 nitrogen and oxygen atoms in total. The number of benzene rings is 1. The molecule has 0 bridgehead atoms. The SMILES string of the molecule is CC(=O)COc1ncnc2c1cnn2-c1cc(C)cc(C)c1. The maximum Gasteiger partial charge on any atom is 0.228 e. The second-order valence-electron chi connectivity index (χ2n) is 5.31. The molecule has 1 aromatic carbocycles.